The van der Waals surface area contributed by atoms with Gasteiger partial charge in [0, 0.05) is 28.4 Å². The Balaban J connectivity index is 1.66. The Morgan fingerprint density at radius 2 is 2.14 bits per heavy atom. The van der Waals surface area contributed by atoms with Crippen molar-refractivity contribution in [1.29, 1.82) is 0 Å². The number of aryl methyl sites for hydroxylation is 2. The van der Waals surface area contributed by atoms with Crippen molar-refractivity contribution in [3.8, 4) is 0 Å². The molecule has 110 valence electrons. The number of thioether (sulfide) groups is 1. The van der Waals surface area contributed by atoms with Crippen LogP contribution in [0.25, 0.3) is 15.9 Å². The van der Waals surface area contributed by atoms with Crippen LogP contribution in [0.3, 0.4) is 0 Å². The number of hydrogen-bond donors (Lipinski definition) is 0. The number of rotatable bonds is 3. The van der Waals surface area contributed by atoms with Gasteiger partial charge >= 0.3 is 0 Å². The molecule has 0 aliphatic carbocycles. The first-order chi connectivity index (χ1) is 10.7. The van der Waals surface area contributed by atoms with E-state index in [1.807, 2.05) is 28.8 Å². The van der Waals surface area contributed by atoms with Gasteiger partial charge in [-0.05, 0) is 31.5 Å². The molecule has 0 atom stereocenters. The molecule has 0 amide bonds. The summed E-state index contributed by atoms with van der Waals surface area (Å²) in [5.41, 5.74) is 3.33. The lowest BCUT2D eigenvalue weighted by Gasteiger charge is -2.01. The zero-order valence-corrected chi connectivity index (χ0v) is 13.9. The zero-order valence-electron chi connectivity index (χ0n) is 12.3. The van der Waals surface area contributed by atoms with E-state index in [-0.39, 0.29) is 0 Å². The van der Waals surface area contributed by atoms with Gasteiger partial charge in [0.25, 0.3) is 0 Å². The molecule has 4 rings (SSSR count). The minimum Gasteiger partial charge on any atom is -0.307 e. The second kappa shape index (κ2) is 5.37. The van der Waals surface area contributed by atoms with Gasteiger partial charge in [-0.25, -0.2) is 15.0 Å². The number of nitrogens with zero attached hydrogens (tertiary/aromatic N) is 4. The third-order valence-corrected chi connectivity index (χ3v) is 5.84. The topological polar surface area (TPSA) is 43.1 Å². The summed E-state index contributed by atoms with van der Waals surface area (Å²) in [6.07, 6.45) is 5.75. The molecule has 0 aliphatic heterocycles. The van der Waals surface area contributed by atoms with Crippen LogP contribution in [0.15, 0.2) is 41.9 Å². The number of aromatic nitrogens is 4. The van der Waals surface area contributed by atoms with Crippen LogP contribution in [0, 0.1) is 13.8 Å². The van der Waals surface area contributed by atoms with Crippen LogP contribution < -0.4 is 0 Å². The van der Waals surface area contributed by atoms with Gasteiger partial charge in [0.15, 0.2) is 0 Å². The molecule has 0 aliphatic rings. The van der Waals surface area contributed by atoms with E-state index in [0.29, 0.717) is 0 Å². The molecule has 6 heteroatoms. The maximum Gasteiger partial charge on any atom is 0.137 e. The van der Waals surface area contributed by atoms with Crippen molar-refractivity contribution in [2.45, 2.75) is 24.6 Å². The molecular formula is C16H14N4S2. The number of pyridine rings is 1. The molecule has 4 heterocycles. The van der Waals surface area contributed by atoms with Gasteiger partial charge in [-0.3, -0.25) is 0 Å². The third-order valence-electron chi connectivity index (χ3n) is 3.70. The molecule has 0 saturated carbocycles. The largest absolute Gasteiger partial charge is 0.307 e. The van der Waals surface area contributed by atoms with Crippen molar-refractivity contribution in [2.24, 2.45) is 0 Å². The van der Waals surface area contributed by atoms with E-state index < -0.39 is 0 Å². The SMILES string of the molecule is Cc1sc2ncnc(SCc3cn4ccccc4n3)c2c1C. The van der Waals surface area contributed by atoms with E-state index in [4.69, 9.17) is 0 Å². The molecule has 0 fully saturated rings. The van der Waals surface area contributed by atoms with Gasteiger partial charge in [0.2, 0.25) is 0 Å². The van der Waals surface area contributed by atoms with Crippen molar-refractivity contribution >= 4 is 39.0 Å². The molecule has 0 unspecified atom stereocenters. The van der Waals surface area contributed by atoms with Gasteiger partial charge in [-0.15, -0.1) is 11.3 Å². The normalized spacial score (nSPS) is 11.5. The number of thiophene rings is 1. The average Bonchev–Trinajstić information content (AvgIpc) is 3.07. The van der Waals surface area contributed by atoms with Crippen molar-refractivity contribution in [3.63, 3.8) is 0 Å². The zero-order chi connectivity index (χ0) is 15.1. The summed E-state index contributed by atoms with van der Waals surface area (Å²) in [6, 6.07) is 6.03. The molecule has 0 bridgehead atoms. The molecule has 4 aromatic rings. The van der Waals surface area contributed by atoms with Gasteiger partial charge in [0.1, 0.15) is 21.8 Å². The highest BCUT2D eigenvalue weighted by atomic mass is 32.2. The fourth-order valence-electron chi connectivity index (χ4n) is 2.46. The highest BCUT2D eigenvalue weighted by Gasteiger charge is 2.13. The molecule has 4 aromatic heterocycles. The number of fused-ring (bicyclic) bond motifs is 2. The van der Waals surface area contributed by atoms with E-state index in [9.17, 15) is 0 Å². The average molecular weight is 326 g/mol. The first-order valence-electron chi connectivity index (χ1n) is 6.98. The van der Waals surface area contributed by atoms with Crippen molar-refractivity contribution in [1.82, 2.24) is 19.4 Å². The summed E-state index contributed by atoms with van der Waals surface area (Å²) in [7, 11) is 0. The minimum atomic E-state index is 0.808. The monoisotopic (exact) mass is 326 g/mol. The number of imidazole rings is 1. The molecule has 0 saturated heterocycles. The molecule has 4 nitrogen and oxygen atoms in total. The van der Waals surface area contributed by atoms with E-state index >= 15 is 0 Å². The smallest absolute Gasteiger partial charge is 0.137 e. The predicted octanol–water partition coefficient (Wildman–Crippen LogP) is 4.25. The first kappa shape index (κ1) is 13.7. The van der Waals surface area contributed by atoms with Crippen LogP contribution >= 0.6 is 23.1 Å². The van der Waals surface area contributed by atoms with Crippen LogP contribution in [-0.2, 0) is 5.75 Å². The highest BCUT2D eigenvalue weighted by Crippen LogP contribution is 2.35. The fraction of sp³-hybridized carbons (Fsp3) is 0.188. The second-order valence-electron chi connectivity index (χ2n) is 5.13. The minimum absolute atomic E-state index is 0.808. The molecule has 0 spiro atoms. The Bertz CT molecular complexity index is 938. The van der Waals surface area contributed by atoms with E-state index in [0.717, 1.165) is 27.0 Å². The predicted molar refractivity (Wildman–Crippen MR) is 91.6 cm³/mol. The Hall–Kier alpha value is -1.92. The lowest BCUT2D eigenvalue weighted by atomic mass is 10.2. The Morgan fingerprint density at radius 3 is 3.00 bits per heavy atom. The Morgan fingerprint density at radius 1 is 1.23 bits per heavy atom. The molecular weight excluding hydrogens is 312 g/mol. The summed E-state index contributed by atoms with van der Waals surface area (Å²) in [5, 5.41) is 2.24. The van der Waals surface area contributed by atoms with Crippen LogP contribution in [0.1, 0.15) is 16.1 Å². The van der Waals surface area contributed by atoms with Crippen molar-refractivity contribution in [2.75, 3.05) is 0 Å². The van der Waals surface area contributed by atoms with E-state index in [2.05, 4.69) is 35.0 Å². The molecule has 22 heavy (non-hydrogen) atoms. The first-order valence-corrected chi connectivity index (χ1v) is 8.78. The maximum absolute atomic E-state index is 4.64. The summed E-state index contributed by atoms with van der Waals surface area (Å²) >= 11 is 3.46. The number of hydrogen-bond acceptors (Lipinski definition) is 5. The second-order valence-corrected chi connectivity index (χ2v) is 7.30. The van der Waals surface area contributed by atoms with Crippen molar-refractivity contribution in [3.05, 3.63) is 53.1 Å². The highest BCUT2D eigenvalue weighted by molar-refractivity contribution is 7.98. The molecule has 0 N–H and O–H groups in total. The molecule has 0 radical (unpaired) electrons. The Labute approximate surface area is 136 Å². The summed E-state index contributed by atoms with van der Waals surface area (Å²) in [5.74, 6) is 0.808. The van der Waals surface area contributed by atoms with Gasteiger partial charge < -0.3 is 4.40 Å². The van der Waals surface area contributed by atoms with E-state index in [1.54, 1.807) is 29.4 Å². The van der Waals surface area contributed by atoms with Gasteiger partial charge in [0.05, 0.1) is 5.69 Å². The third kappa shape index (κ3) is 2.28. The van der Waals surface area contributed by atoms with Gasteiger partial charge in [-0.2, -0.15) is 0 Å². The van der Waals surface area contributed by atoms with Crippen LogP contribution in [0.5, 0.6) is 0 Å². The van der Waals surface area contributed by atoms with Crippen LogP contribution in [0.4, 0.5) is 0 Å². The molecule has 0 aromatic carbocycles. The fourth-order valence-corrected chi connectivity index (χ4v) is 4.46. The summed E-state index contributed by atoms with van der Waals surface area (Å²) in [4.78, 5) is 15.9. The Kier molecular flexibility index (Phi) is 3.35. The lowest BCUT2D eigenvalue weighted by Crippen LogP contribution is -1.87. The summed E-state index contributed by atoms with van der Waals surface area (Å²) in [6.45, 7) is 4.28. The van der Waals surface area contributed by atoms with Gasteiger partial charge in [-0.1, -0.05) is 17.8 Å². The quantitative estimate of drug-likeness (QED) is 0.417. The lowest BCUT2D eigenvalue weighted by molar-refractivity contribution is 1.10. The van der Waals surface area contributed by atoms with E-state index in [1.165, 1.54) is 15.8 Å². The maximum atomic E-state index is 4.64. The summed E-state index contributed by atoms with van der Waals surface area (Å²) < 4.78 is 2.05. The standard InChI is InChI=1S/C16H14N4S2/c1-10-11(2)22-16-14(10)15(17-9-18-16)21-8-12-7-20-6-4-3-5-13(20)19-12/h3-7,9H,8H2,1-2H3. The van der Waals surface area contributed by atoms with Crippen molar-refractivity contribution < 1.29 is 0 Å². The van der Waals surface area contributed by atoms with Crippen LogP contribution in [0.2, 0.25) is 0 Å². The van der Waals surface area contributed by atoms with Crippen LogP contribution in [-0.4, -0.2) is 19.4 Å².